The van der Waals surface area contributed by atoms with Gasteiger partial charge in [0.1, 0.15) is 10.7 Å². The van der Waals surface area contributed by atoms with Gasteiger partial charge in [-0.25, -0.2) is 4.98 Å². The summed E-state index contributed by atoms with van der Waals surface area (Å²) in [5, 5.41) is 0. The van der Waals surface area contributed by atoms with E-state index in [9.17, 15) is 13.2 Å². The molecule has 0 N–H and O–H groups in total. The van der Waals surface area contributed by atoms with Crippen molar-refractivity contribution in [2.24, 2.45) is 0 Å². The summed E-state index contributed by atoms with van der Waals surface area (Å²) in [7, 11) is -4.11. The van der Waals surface area contributed by atoms with Gasteiger partial charge in [-0.3, -0.25) is 9.36 Å². The first-order chi connectivity index (χ1) is 13.8. The lowest BCUT2D eigenvalue weighted by Crippen LogP contribution is -2.26. The van der Waals surface area contributed by atoms with Crippen LogP contribution in [0.5, 0.6) is 5.88 Å². The molecule has 7 nitrogen and oxygen atoms in total. The van der Waals surface area contributed by atoms with Crippen molar-refractivity contribution in [3.05, 3.63) is 75.3 Å². The summed E-state index contributed by atoms with van der Waals surface area (Å²) in [6, 6.07) is 11.7. The van der Waals surface area contributed by atoms with Crippen molar-refractivity contribution in [1.29, 1.82) is 0 Å². The molecule has 0 unspecified atom stereocenters. The minimum atomic E-state index is -4.11. The highest BCUT2D eigenvalue weighted by atomic mass is 32.2. The van der Waals surface area contributed by atoms with Crippen molar-refractivity contribution in [3.8, 4) is 11.6 Å². The fourth-order valence-corrected chi connectivity index (χ4v) is 4.69. The van der Waals surface area contributed by atoms with Crippen LogP contribution in [0.15, 0.2) is 57.7 Å². The maximum absolute atomic E-state index is 13.1. The number of fused-ring (bicyclic) bond motifs is 1. The van der Waals surface area contributed by atoms with E-state index in [2.05, 4.69) is 9.97 Å². The Morgan fingerprint density at radius 3 is 2.48 bits per heavy atom. The molecule has 0 aliphatic heterocycles. The fraction of sp³-hybridized carbons (Fsp3) is 0.150. The van der Waals surface area contributed by atoms with Crippen LogP contribution in [0.4, 0.5) is 0 Å². The smallest absolute Gasteiger partial charge is 0.340 e. The minimum Gasteiger partial charge on any atom is -0.358 e. The van der Waals surface area contributed by atoms with E-state index in [4.69, 9.17) is 4.18 Å². The van der Waals surface area contributed by atoms with E-state index in [1.807, 2.05) is 19.1 Å². The van der Waals surface area contributed by atoms with Crippen LogP contribution in [0.1, 0.15) is 17.0 Å². The van der Waals surface area contributed by atoms with Gasteiger partial charge >= 0.3 is 10.1 Å². The minimum absolute atomic E-state index is 0.000518. The van der Waals surface area contributed by atoms with Crippen molar-refractivity contribution >= 4 is 31.7 Å². The van der Waals surface area contributed by atoms with Crippen LogP contribution in [0, 0.1) is 20.8 Å². The van der Waals surface area contributed by atoms with E-state index in [1.165, 1.54) is 35.0 Å². The zero-order chi connectivity index (χ0) is 20.8. The van der Waals surface area contributed by atoms with E-state index >= 15 is 0 Å². The fourth-order valence-electron chi connectivity index (χ4n) is 2.96. The van der Waals surface area contributed by atoms with Gasteiger partial charge in [0, 0.05) is 0 Å². The van der Waals surface area contributed by atoms with Crippen molar-refractivity contribution in [2.75, 3.05) is 0 Å². The molecule has 0 saturated heterocycles. The van der Waals surface area contributed by atoms with Gasteiger partial charge < -0.3 is 4.18 Å². The number of rotatable bonds is 4. The number of benzene rings is 2. The number of aromatic nitrogens is 3. The van der Waals surface area contributed by atoms with E-state index in [1.54, 1.807) is 30.6 Å². The van der Waals surface area contributed by atoms with Crippen LogP contribution in [0.25, 0.3) is 15.9 Å². The van der Waals surface area contributed by atoms with Crippen molar-refractivity contribution in [2.45, 2.75) is 25.7 Å². The van der Waals surface area contributed by atoms with Gasteiger partial charge in [0.05, 0.1) is 27.0 Å². The summed E-state index contributed by atoms with van der Waals surface area (Å²) in [4.78, 5) is 21.6. The normalized spacial score (nSPS) is 11.7. The first-order valence-electron chi connectivity index (χ1n) is 8.72. The molecule has 4 aromatic rings. The summed E-state index contributed by atoms with van der Waals surface area (Å²) in [6.07, 6.45) is 0. The largest absolute Gasteiger partial charge is 0.358 e. The quantitative estimate of drug-likeness (QED) is 0.463. The third-order valence-corrected chi connectivity index (χ3v) is 6.60. The average molecular weight is 428 g/mol. The summed E-state index contributed by atoms with van der Waals surface area (Å²) < 4.78 is 32.7. The highest BCUT2D eigenvalue weighted by Gasteiger charge is 2.22. The zero-order valence-corrected chi connectivity index (χ0v) is 17.5. The van der Waals surface area contributed by atoms with Gasteiger partial charge in [0.2, 0.25) is 5.88 Å². The molecule has 0 bridgehead atoms. The van der Waals surface area contributed by atoms with Gasteiger partial charge in [0.15, 0.2) is 0 Å². The van der Waals surface area contributed by atoms with Gasteiger partial charge in [-0.05, 0) is 45.0 Å². The van der Waals surface area contributed by atoms with Crippen molar-refractivity contribution < 1.29 is 12.6 Å². The topological polar surface area (TPSA) is 91.2 Å². The highest BCUT2D eigenvalue weighted by molar-refractivity contribution is 7.87. The Hall–Kier alpha value is -3.04. The molecule has 0 radical (unpaired) electrons. The molecule has 4 rings (SSSR count). The lowest BCUT2D eigenvalue weighted by atomic mass is 10.2. The molecule has 0 fully saturated rings. The molecular weight excluding hydrogens is 410 g/mol. The average Bonchev–Trinajstić information content (AvgIpc) is 3.16. The van der Waals surface area contributed by atoms with E-state index in [0.717, 1.165) is 15.8 Å². The van der Waals surface area contributed by atoms with Crippen LogP contribution >= 0.6 is 11.3 Å². The van der Waals surface area contributed by atoms with Crippen LogP contribution < -0.4 is 9.74 Å². The van der Waals surface area contributed by atoms with Crippen LogP contribution in [0.2, 0.25) is 0 Å². The van der Waals surface area contributed by atoms with Crippen molar-refractivity contribution in [1.82, 2.24) is 14.5 Å². The monoisotopic (exact) mass is 427 g/mol. The molecule has 0 spiro atoms. The van der Waals surface area contributed by atoms with E-state index < -0.39 is 15.7 Å². The third kappa shape index (κ3) is 3.43. The summed E-state index contributed by atoms with van der Waals surface area (Å²) in [5.41, 5.74) is 3.77. The number of aryl methyl sites for hydroxylation is 2. The number of hydrogen-bond acceptors (Lipinski definition) is 7. The molecule has 0 aliphatic carbocycles. The Morgan fingerprint density at radius 2 is 1.76 bits per heavy atom. The Morgan fingerprint density at radius 1 is 1.03 bits per heavy atom. The summed E-state index contributed by atoms with van der Waals surface area (Å²) in [6.45, 7) is 4.99. The summed E-state index contributed by atoms with van der Waals surface area (Å²) >= 11 is 1.42. The Kier molecular flexibility index (Phi) is 4.71. The molecule has 2 heterocycles. The molecule has 0 saturated carbocycles. The van der Waals surface area contributed by atoms with Gasteiger partial charge in [0.25, 0.3) is 5.56 Å². The first-order valence-corrected chi connectivity index (χ1v) is 11.0. The van der Waals surface area contributed by atoms with Gasteiger partial charge in [-0.15, -0.1) is 11.3 Å². The zero-order valence-electron chi connectivity index (χ0n) is 15.9. The summed E-state index contributed by atoms with van der Waals surface area (Å²) in [5.74, 6) is 0.0939. The van der Waals surface area contributed by atoms with Crippen LogP contribution in [-0.4, -0.2) is 23.0 Å². The van der Waals surface area contributed by atoms with E-state index in [0.29, 0.717) is 11.5 Å². The first kappa shape index (κ1) is 19.3. The third-order valence-electron chi connectivity index (χ3n) is 4.51. The predicted molar refractivity (Wildman–Crippen MR) is 111 cm³/mol. The maximum atomic E-state index is 13.1. The number of thiazole rings is 1. The van der Waals surface area contributed by atoms with Gasteiger partial charge in [-0.2, -0.15) is 13.4 Å². The Labute approximate surface area is 171 Å². The predicted octanol–water partition coefficient (Wildman–Crippen LogP) is 3.54. The standard InChI is InChI=1S/C20H17N3O4S2/c1-12-7-9-15(10-8-12)29(25,26)27-19-13(2)20(24)23(14(3)22-19)17-6-4-5-16-18(17)28-11-21-16/h4-11H,1-3H3. The molecule has 2 aromatic carbocycles. The second-order valence-electron chi connectivity index (χ2n) is 6.56. The van der Waals surface area contributed by atoms with Crippen LogP contribution in [-0.2, 0) is 10.1 Å². The van der Waals surface area contributed by atoms with Crippen LogP contribution in [0.3, 0.4) is 0 Å². The Bertz CT molecular complexity index is 1390. The van der Waals surface area contributed by atoms with Crippen molar-refractivity contribution in [3.63, 3.8) is 0 Å². The molecule has 148 valence electrons. The SMILES string of the molecule is Cc1ccc(S(=O)(=O)Oc2nc(C)n(-c3cccc4ncsc34)c(=O)c2C)cc1. The molecule has 0 atom stereocenters. The number of hydrogen-bond donors (Lipinski definition) is 0. The second kappa shape index (κ2) is 7.09. The molecule has 29 heavy (non-hydrogen) atoms. The lowest BCUT2D eigenvalue weighted by Gasteiger charge is -2.14. The maximum Gasteiger partial charge on any atom is 0.340 e. The molecule has 9 heteroatoms. The van der Waals surface area contributed by atoms with E-state index in [-0.39, 0.29) is 16.3 Å². The van der Waals surface area contributed by atoms with Gasteiger partial charge in [-0.1, -0.05) is 23.8 Å². The highest BCUT2D eigenvalue weighted by Crippen LogP contribution is 2.26. The Balaban J connectivity index is 1.81. The number of nitrogens with zero attached hydrogens (tertiary/aromatic N) is 3. The lowest BCUT2D eigenvalue weighted by molar-refractivity contribution is 0.470. The molecule has 0 amide bonds. The molecule has 0 aliphatic rings. The molecule has 2 aromatic heterocycles. The molecular formula is C20H17N3O4S2. The second-order valence-corrected chi connectivity index (χ2v) is 8.96.